The summed E-state index contributed by atoms with van der Waals surface area (Å²) >= 11 is 1.19. The summed E-state index contributed by atoms with van der Waals surface area (Å²) in [4.78, 5) is 23.2. The van der Waals surface area contributed by atoms with Gasteiger partial charge in [0.1, 0.15) is 0 Å². The molecule has 1 aliphatic heterocycles. The van der Waals surface area contributed by atoms with Crippen LogP contribution in [0.3, 0.4) is 0 Å². The first-order chi connectivity index (χ1) is 12.1. The number of hydrogen-bond acceptors (Lipinski definition) is 6. The van der Waals surface area contributed by atoms with Crippen molar-refractivity contribution in [2.24, 2.45) is 5.84 Å². The Hall–Kier alpha value is -1.61. The maximum Gasteiger partial charge on any atom is 0.491 e. The summed E-state index contributed by atoms with van der Waals surface area (Å²) in [5.74, 6) is 5.28. The van der Waals surface area contributed by atoms with E-state index in [9.17, 15) is 9.59 Å². The maximum atomic E-state index is 11.7. The van der Waals surface area contributed by atoms with E-state index >= 15 is 0 Å². The van der Waals surface area contributed by atoms with Gasteiger partial charge in [-0.25, -0.2) is 5.84 Å². The Labute approximate surface area is 159 Å². The summed E-state index contributed by atoms with van der Waals surface area (Å²) in [6, 6.07) is 7.05. The van der Waals surface area contributed by atoms with E-state index in [1.54, 1.807) is 18.2 Å². The largest absolute Gasteiger partial charge is 0.491 e. The fraction of sp³-hybridized carbons (Fsp3) is 0.444. The third kappa shape index (κ3) is 4.76. The van der Waals surface area contributed by atoms with Crippen LogP contribution in [0.5, 0.6) is 0 Å². The minimum atomic E-state index is -0.557. The van der Waals surface area contributed by atoms with Gasteiger partial charge in [0.25, 0.3) is 5.91 Å². The normalized spacial score (nSPS) is 18.7. The van der Waals surface area contributed by atoms with Crippen molar-refractivity contribution in [1.82, 2.24) is 5.43 Å². The number of nitrogen functional groups attached to an aromatic ring is 1. The highest BCUT2D eigenvalue weighted by Crippen LogP contribution is 2.39. The summed E-state index contributed by atoms with van der Waals surface area (Å²) in [6.07, 6.45) is 1.89. The lowest BCUT2D eigenvalue weighted by molar-refractivity contribution is -0.109. The van der Waals surface area contributed by atoms with Crippen LogP contribution < -0.4 is 11.3 Å². The molecular weight excluding hydrogens is 351 g/mol. The zero-order valence-corrected chi connectivity index (χ0v) is 16.6. The first kappa shape index (κ1) is 20.7. The number of amides is 1. The zero-order valence-electron chi connectivity index (χ0n) is 15.8. The number of rotatable bonds is 5. The maximum absolute atomic E-state index is 11.7. The fourth-order valence-electron chi connectivity index (χ4n) is 2.42. The Morgan fingerprint density at radius 1 is 1.23 bits per heavy atom. The van der Waals surface area contributed by atoms with Gasteiger partial charge in [0.05, 0.1) is 11.2 Å². The lowest BCUT2D eigenvalue weighted by Crippen LogP contribution is -2.41. The van der Waals surface area contributed by atoms with Gasteiger partial charge in [-0.1, -0.05) is 30.0 Å². The number of hydrogen-bond donors (Lipinski definition) is 2. The molecule has 8 heteroatoms. The van der Waals surface area contributed by atoms with E-state index < -0.39 is 18.3 Å². The molecule has 0 atom stereocenters. The molecule has 3 N–H and O–H groups in total. The van der Waals surface area contributed by atoms with E-state index in [0.717, 1.165) is 11.0 Å². The Balaban J connectivity index is 2.35. The van der Waals surface area contributed by atoms with Crippen molar-refractivity contribution in [1.29, 1.82) is 0 Å². The molecular formula is C18H25BN2O4S. The monoisotopic (exact) mass is 376 g/mol. The van der Waals surface area contributed by atoms with E-state index in [0.29, 0.717) is 11.3 Å². The third-order valence-corrected chi connectivity index (χ3v) is 5.51. The first-order valence-corrected chi connectivity index (χ1v) is 9.35. The van der Waals surface area contributed by atoms with E-state index in [1.165, 1.54) is 18.7 Å². The van der Waals surface area contributed by atoms with E-state index in [2.05, 4.69) is 5.43 Å². The fourth-order valence-corrected chi connectivity index (χ4v) is 3.01. The van der Waals surface area contributed by atoms with Crippen molar-refractivity contribution < 1.29 is 18.9 Å². The smallest absolute Gasteiger partial charge is 0.400 e. The molecule has 0 unspecified atom stereocenters. The highest BCUT2D eigenvalue weighted by Gasteiger charge is 2.52. The molecule has 1 aliphatic rings. The van der Waals surface area contributed by atoms with Crippen LogP contribution in [0, 0.1) is 0 Å². The Morgan fingerprint density at radius 2 is 1.85 bits per heavy atom. The van der Waals surface area contributed by atoms with Crippen LogP contribution in [0.25, 0.3) is 6.08 Å². The Morgan fingerprint density at radius 3 is 2.38 bits per heavy atom. The molecule has 1 aromatic rings. The van der Waals surface area contributed by atoms with Crippen LogP contribution in [-0.4, -0.2) is 35.1 Å². The van der Waals surface area contributed by atoms with E-state index in [1.807, 2.05) is 39.8 Å². The number of thioether (sulfide) groups is 1. The summed E-state index contributed by atoms with van der Waals surface area (Å²) in [5, 5.41) is 0.0173. The zero-order chi connectivity index (χ0) is 19.5. The Kier molecular flexibility index (Phi) is 6.34. The molecule has 0 aliphatic carbocycles. The van der Waals surface area contributed by atoms with E-state index in [-0.39, 0.29) is 11.0 Å². The molecule has 0 bridgehead atoms. The average molecular weight is 376 g/mol. The van der Waals surface area contributed by atoms with Gasteiger partial charge in [-0.05, 0) is 50.9 Å². The van der Waals surface area contributed by atoms with Gasteiger partial charge in [-0.15, -0.1) is 0 Å². The number of hydrazine groups is 1. The van der Waals surface area contributed by atoms with Crippen molar-refractivity contribution in [3.8, 4) is 0 Å². The lowest BCUT2D eigenvalue weighted by Gasteiger charge is -2.32. The van der Waals surface area contributed by atoms with Crippen LogP contribution in [0.15, 0.2) is 29.7 Å². The SMILES string of the molecule is CC(=O)SCC(=Cc1cccc(C(=O)NN)c1)B1OC(C)(C)C(C)(C)O1. The second kappa shape index (κ2) is 7.96. The minimum Gasteiger partial charge on any atom is -0.400 e. The number of carbonyl (C=O) groups excluding carboxylic acids is 2. The molecule has 26 heavy (non-hydrogen) atoms. The molecule has 0 aromatic heterocycles. The molecule has 0 spiro atoms. The van der Waals surface area contributed by atoms with Crippen LogP contribution in [0.1, 0.15) is 50.5 Å². The van der Waals surface area contributed by atoms with Crippen molar-refractivity contribution in [3.05, 3.63) is 40.9 Å². The van der Waals surface area contributed by atoms with Gasteiger partial charge in [0.15, 0.2) is 5.12 Å². The van der Waals surface area contributed by atoms with Gasteiger partial charge in [-0.2, -0.15) is 0 Å². The van der Waals surface area contributed by atoms with E-state index in [4.69, 9.17) is 15.2 Å². The standard InChI is InChI=1S/C18H25BN2O4S/c1-12(22)26-11-15(19-24-17(2,3)18(4,5)25-19)10-13-7-6-8-14(9-13)16(23)21-20/h6-10H,11,20H2,1-5H3,(H,21,23). The second-order valence-electron chi connectivity index (χ2n) is 7.19. The molecule has 1 heterocycles. The molecule has 1 aromatic carbocycles. The van der Waals surface area contributed by atoms with Crippen LogP contribution >= 0.6 is 11.8 Å². The predicted octanol–water partition coefficient (Wildman–Crippen LogP) is 2.58. The number of nitrogens with two attached hydrogens (primary N) is 1. The molecule has 0 radical (unpaired) electrons. The summed E-state index contributed by atoms with van der Waals surface area (Å²) in [5.41, 5.74) is 3.26. The topological polar surface area (TPSA) is 90.7 Å². The van der Waals surface area contributed by atoms with Crippen molar-refractivity contribution >= 4 is 36.0 Å². The van der Waals surface area contributed by atoms with Gasteiger partial charge >= 0.3 is 7.12 Å². The van der Waals surface area contributed by atoms with Gasteiger partial charge in [0.2, 0.25) is 0 Å². The van der Waals surface area contributed by atoms with Crippen molar-refractivity contribution in [2.75, 3.05) is 5.75 Å². The van der Waals surface area contributed by atoms with Crippen molar-refractivity contribution in [3.63, 3.8) is 0 Å². The highest BCUT2D eigenvalue weighted by molar-refractivity contribution is 8.13. The minimum absolute atomic E-state index is 0.0173. The van der Waals surface area contributed by atoms with Gasteiger partial charge < -0.3 is 9.31 Å². The quantitative estimate of drug-likeness (QED) is 0.355. The Bertz CT molecular complexity index is 718. The van der Waals surface area contributed by atoms with Gasteiger partial charge in [0, 0.05) is 18.2 Å². The lowest BCUT2D eigenvalue weighted by atomic mass is 9.78. The van der Waals surface area contributed by atoms with Gasteiger partial charge in [-0.3, -0.25) is 15.0 Å². The summed E-state index contributed by atoms with van der Waals surface area (Å²) in [6.45, 7) is 9.45. The molecule has 0 saturated carbocycles. The number of nitrogens with one attached hydrogen (secondary N) is 1. The number of benzene rings is 1. The third-order valence-electron chi connectivity index (χ3n) is 4.63. The molecule has 1 saturated heterocycles. The average Bonchev–Trinajstić information content (AvgIpc) is 2.78. The van der Waals surface area contributed by atoms with Crippen molar-refractivity contribution in [2.45, 2.75) is 45.8 Å². The highest BCUT2D eigenvalue weighted by atomic mass is 32.2. The summed E-state index contributed by atoms with van der Waals surface area (Å²) in [7, 11) is -0.557. The first-order valence-electron chi connectivity index (χ1n) is 8.36. The second-order valence-corrected chi connectivity index (χ2v) is 8.34. The number of carbonyl (C=O) groups is 2. The summed E-state index contributed by atoms with van der Waals surface area (Å²) < 4.78 is 12.2. The molecule has 1 fully saturated rings. The molecule has 2 rings (SSSR count). The molecule has 140 valence electrons. The molecule has 6 nitrogen and oxygen atoms in total. The molecule has 1 amide bonds. The van der Waals surface area contributed by atoms with Crippen LogP contribution in [-0.2, 0) is 14.1 Å². The van der Waals surface area contributed by atoms with Crippen LogP contribution in [0.4, 0.5) is 0 Å². The van der Waals surface area contributed by atoms with Crippen LogP contribution in [0.2, 0.25) is 0 Å². The predicted molar refractivity (Wildman–Crippen MR) is 105 cm³/mol.